The first-order chi connectivity index (χ1) is 11.2. The second kappa shape index (κ2) is 9.57. The summed E-state index contributed by atoms with van der Waals surface area (Å²) in [5, 5.41) is 3.59. The average Bonchev–Trinajstić information content (AvgIpc) is 3.23. The van der Waals surface area contributed by atoms with Gasteiger partial charge in [0.2, 0.25) is 0 Å². The number of nitrogens with one attached hydrogen (secondary N) is 1. The van der Waals surface area contributed by atoms with E-state index in [-0.39, 0.29) is 24.0 Å². The summed E-state index contributed by atoms with van der Waals surface area (Å²) >= 11 is 0. The van der Waals surface area contributed by atoms with Crippen molar-refractivity contribution in [1.29, 1.82) is 0 Å². The molecule has 2 saturated heterocycles. The maximum atomic E-state index is 5.55. The Balaban J connectivity index is 0.00000208. The molecule has 3 fully saturated rings. The molecule has 1 spiro atoms. The molecule has 140 valence electrons. The van der Waals surface area contributed by atoms with Crippen LogP contribution < -0.4 is 5.32 Å². The summed E-state index contributed by atoms with van der Waals surface area (Å²) in [7, 11) is 4.19. The molecule has 0 unspecified atom stereocenters. The van der Waals surface area contributed by atoms with Crippen LogP contribution in [0.25, 0.3) is 0 Å². The fraction of sp³-hybridized carbons (Fsp3) is 0.944. The van der Waals surface area contributed by atoms with Gasteiger partial charge in [0.1, 0.15) is 0 Å². The first-order valence-corrected chi connectivity index (χ1v) is 9.46. The molecule has 0 bridgehead atoms. The van der Waals surface area contributed by atoms with Crippen molar-refractivity contribution in [2.24, 2.45) is 10.4 Å². The highest BCUT2D eigenvalue weighted by atomic mass is 127. The van der Waals surface area contributed by atoms with Crippen molar-refractivity contribution in [3.63, 3.8) is 0 Å². The minimum Gasteiger partial charge on any atom is -0.381 e. The Morgan fingerprint density at radius 3 is 2.62 bits per heavy atom. The lowest BCUT2D eigenvalue weighted by Crippen LogP contribution is -2.45. The third kappa shape index (κ3) is 4.97. The summed E-state index contributed by atoms with van der Waals surface area (Å²) < 4.78 is 5.55. The Labute approximate surface area is 164 Å². The quantitative estimate of drug-likeness (QED) is 0.406. The highest BCUT2D eigenvalue weighted by Crippen LogP contribution is 2.39. The third-order valence-electron chi connectivity index (χ3n) is 6.20. The third-order valence-corrected chi connectivity index (χ3v) is 6.20. The van der Waals surface area contributed by atoms with E-state index in [4.69, 9.17) is 4.74 Å². The van der Waals surface area contributed by atoms with Gasteiger partial charge in [0, 0.05) is 52.5 Å². The van der Waals surface area contributed by atoms with Gasteiger partial charge in [-0.1, -0.05) is 12.8 Å². The van der Waals surface area contributed by atoms with E-state index in [9.17, 15) is 0 Å². The molecule has 5 nitrogen and oxygen atoms in total. The van der Waals surface area contributed by atoms with E-state index >= 15 is 0 Å². The van der Waals surface area contributed by atoms with Crippen LogP contribution in [-0.2, 0) is 4.74 Å². The second-order valence-corrected chi connectivity index (χ2v) is 7.68. The smallest absolute Gasteiger partial charge is 0.193 e. The molecule has 2 aliphatic heterocycles. The molecule has 0 amide bonds. The van der Waals surface area contributed by atoms with E-state index in [2.05, 4.69) is 27.2 Å². The topological polar surface area (TPSA) is 40.1 Å². The van der Waals surface area contributed by atoms with Crippen LogP contribution in [0.1, 0.15) is 44.9 Å². The van der Waals surface area contributed by atoms with E-state index in [1.54, 1.807) is 0 Å². The summed E-state index contributed by atoms with van der Waals surface area (Å²) in [6.45, 7) is 6.26. The molecule has 0 aromatic rings. The maximum Gasteiger partial charge on any atom is 0.193 e. The molecule has 24 heavy (non-hydrogen) atoms. The average molecular weight is 450 g/mol. The summed E-state index contributed by atoms with van der Waals surface area (Å²) in [4.78, 5) is 9.51. The van der Waals surface area contributed by atoms with Gasteiger partial charge in [0.25, 0.3) is 0 Å². The Morgan fingerprint density at radius 1 is 1.25 bits per heavy atom. The van der Waals surface area contributed by atoms with Gasteiger partial charge in [0.15, 0.2) is 5.96 Å². The zero-order valence-corrected chi connectivity index (χ0v) is 17.8. The van der Waals surface area contributed by atoms with Crippen LogP contribution in [-0.4, -0.2) is 75.3 Å². The Morgan fingerprint density at radius 2 is 1.96 bits per heavy atom. The van der Waals surface area contributed by atoms with Crippen LogP contribution in [0.3, 0.4) is 0 Å². The van der Waals surface area contributed by atoms with Gasteiger partial charge in [-0.05, 0) is 44.6 Å². The SMILES string of the molecule is CN=C(NCCN(C)C1CCCC1)N1CCC2(CCOCC2)C1.I. The molecular weight excluding hydrogens is 415 g/mol. The normalized spacial score (nSPS) is 24.6. The number of ether oxygens (including phenoxy) is 1. The zero-order valence-electron chi connectivity index (χ0n) is 15.4. The summed E-state index contributed by atoms with van der Waals surface area (Å²) in [5.74, 6) is 1.09. The summed E-state index contributed by atoms with van der Waals surface area (Å²) in [6.07, 6.45) is 9.28. The largest absolute Gasteiger partial charge is 0.381 e. The van der Waals surface area contributed by atoms with Crippen molar-refractivity contribution in [3.05, 3.63) is 0 Å². The molecule has 1 aliphatic carbocycles. The van der Waals surface area contributed by atoms with Crippen LogP contribution >= 0.6 is 24.0 Å². The lowest BCUT2D eigenvalue weighted by molar-refractivity contribution is 0.0217. The van der Waals surface area contributed by atoms with Crippen LogP contribution in [0.15, 0.2) is 4.99 Å². The standard InChI is InChI=1S/C18H34N4O.HI/c1-19-17(20-10-12-21(2)16-5-3-4-6-16)22-11-7-18(15-22)8-13-23-14-9-18;/h16H,3-15H2,1-2H3,(H,19,20);1H. The number of likely N-dealkylation sites (N-methyl/N-ethyl adjacent to an activating group) is 1. The number of halogens is 1. The fourth-order valence-corrected chi connectivity index (χ4v) is 4.53. The monoisotopic (exact) mass is 450 g/mol. The maximum absolute atomic E-state index is 5.55. The minimum atomic E-state index is 0. The van der Waals surface area contributed by atoms with Gasteiger partial charge in [-0.3, -0.25) is 4.99 Å². The van der Waals surface area contributed by atoms with Gasteiger partial charge in [-0.25, -0.2) is 0 Å². The van der Waals surface area contributed by atoms with Gasteiger partial charge in [-0.15, -0.1) is 24.0 Å². The van der Waals surface area contributed by atoms with Crippen LogP contribution in [0, 0.1) is 5.41 Å². The molecule has 2 heterocycles. The predicted molar refractivity (Wildman–Crippen MR) is 110 cm³/mol. The van der Waals surface area contributed by atoms with E-state index in [1.807, 2.05) is 7.05 Å². The van der Waals surface area contributed by atoms with Crippen LogP contribution in [0.5, 0.6) is 0 Å². The molecule has 0 aromatic carbocycles. The number of hydrogen-bond acceptors (Lipinski definition) is 3. The first-order valence-electron chi connectivity index (χ1n) is 9.46. The lowest BCUT2D eigenvalue weighted by atomic mass is 9.80. The number of rotatable bonds is 4. The Hall–Kier alpha value is -0.0800. The van der Waals surface area contributed by atoms with Crippen molar-refractivity contribution in [1.82, 2.24) is 15.1 Å². The fourth-order valence-electron chi connectivity index (χ4n) is 4.53. The number of nitrogens with zero attached hydrogens (tertiary/aromatic N) is 3. The molecule has 0 atom stereocenters. The van der Waals surface area contributed by atoms with E-state index in [1.165, 1.54) is 44.9 Å². The van der Waals surface area contributed by atoms with E-state index < -0.39 is 0 Å². The lowest BCUT2D eigenvalue weighted by Gasteiger charge is -2.33. The van der Waals surface area contributed by atoms with E-state index in [0.29, 0.717) is 5.41 Å². The summed E-state index contributed by atoms with van der Waals surface area (Å²) in [5.41, 5.74) is 0.483. The molecule has 3 rings (SSSR count). The highest BCUT2D eigenvalue weighted by Gasteiger charge is 2.40. The van der Waals surface area contributed by atoms with Crippen LogP contribution in [0.2, 0.25) is 0 Å². The predicted octanol–water partition coefficient (Wildman–Crippen LogP) is 2.56. The van der Waals surface area contributed by atoms with Gasteiger partial charge >= 0.3 is 0 Å². The summed E-state index contributed by atoms with van der Waals surface area (Å²) in [6, 6.07) is 0.802. The molecule has 6 heteroatoms. The van der Waals surface area contributed by atoms with Crippen molar-refractivity contribution in [2.45, 2.75) is 51.0 Å². The van der Waals surface area contributed by atoms with Crippen molar-refractivity contribution >= 4 is 29.9 Å². The highest BCUT2D eigenvalue weighted by molar-refractivity contribution is 14.0. The molecular formula is C18H35IN4O. The van der Waals surface area contributed by atoms with Gasteiger partial charge < -0.3 is 19.9 Å². The molecule has 1 N–H and O–H groups in total. The Bertz CT molecular complexity index is 406. The van der Waals surface area contributed by atoms with E-state index in [0.717, 1.165) is 51.4 Å². The molecule has 3 aliphatic rings. The van der Waals surface area contributed by atoms with Gasteiger partial charge in [-0.2, -0.15) is 0 Å². The molecule has 0 aromatic heterocycles. The Kier molecular flexibility index (Phi) is 8.07. The number of aliphatic imine (C=N–C) groups is 1. The number of likely N-dealkylation sites (tertiary alicyclic amines) is 1. The van der Waals surface area contributed by atoms with Gasteiger partial charge in [0.05, 0.1) is 0 Å². The molecule has 0 radical (unpaired) electrons. The minimum absolute atomic E-state index is 0. The molecule has 1 saturated carbocycles. The zero-order chi connectivity index (χ0) is 16.1. The second-order valence-electron chi connectivity index (χ2n) is 7.68. The number of guanidine groups is 1. The first kappa shape index (κ1) is 20.2. The van der Waals surface area contributed by atoms with Crippen molar-refractivity contribution in [3.8, 4) is 0 Å². The van der Waals surface area contributed by atoms with Crippen molar-refractivity contribution < 1.29 is 4.74 Å². The van der Waals surface area contributed by atoms with Crippen LogP contribution in [0.4, 0.5) is 0 Å². The number of hydrogen-bond donors (Lipinski definition) is 1. The van der Waals surface area contributed by atoms with Crippen molar-refractivity contribution in [2.75, 3.05) is 53.5 Å².